The zero-order chi connectivity index (χ0) is 21.4. The maximum absolute atomic E-state index is 12.9. The summed E-state index contributed by atoms with van der Waals surface area (Å²) in [6.45, 7) is 9.92. The van der Waals surface area contributed by atoms with Crippen LogP contribution in [0.2, 0.25) is 0 Å². The number of rotatable bonds is 10. The first-order chi connectivity index (χ1) is 13.9. The van der Waals surface area contributed by atoms with E-state index in [2.05, 4.69) is 10.2 Å². The van der Waals surface area contributed by atoms with Gasteiger partial charge in [0.1, 0.15) is 0 Å². The van der Waals surface area contributed by atoms with Gasteiger partial charge in [-0.2, -0.15) is 4.31 Å². The van der Waals surface area contributed by atoms with Gasteiger partial charge in [0.05, 0.1) is 16.3 Å². The van der Waals surface area contributed by atoms with Crippen LogP contribution in [0.15, 0.2) is 46.7 Å². The van der Waals surface area contributed by atoms with Crippen molar-refractivity contribution in [3.05, 3.63) is 46.7 Å². The Labute approximate surface area is 177 Å². The number of hydrogen-bond donors (Lipinski definition) is 1. The normalized spacial score (nSPS) is 11.9. The van der Waals surface area contributed by atoms with Gasteiger partial charge in [0.15, 0.2) is 0 Å². The molecule has 158 valence electrons. The Kier molecular flexibility index (Phi) is 8.43. The Morgan fingerprint density at radius 3 is 2.31 bits per heavy atom. The predicted octanol–water partition coefficient (Wildman–Crippen LogP) is 4.28. The third-order valence-corrected chi connectivity index (χ3v) is 7.50. The topological polar surface area (TPSA) is 69.7 Å². The highest BCUT2D eigenvalue weighted by atomic mass is 32.2. The van der Waals surface area contributed by atoms with Crippen LogP contribution in [0, 0.1) is 0 Å². The van der Waals surface area contributed by atoms with Gasteiger partial charge in [-0.05, 0) is 49.6 Å². The molecule has 1 heterocycles. The smallest absolute Gasteiger partial charge is 0.248 e. The molecule has 0 atom stereocenters. The van der Waals surface area contributed by atoms with E-state index >= 15 is 0 Å². The first-order valence-electron chi connectivity index (χ1n) is 9.78. The predicted molar refractivity (Wildman–Crippen MR) is 122 cm³/mol. The molecule has 0 spiro atoms. The highest BCUT2D eigenvalue weighted by Crippen LogP contribution is 2.30. The van der Waals surface area contributed by atoms with Crippen LogP contribution in [0.4, 0.5) is 11.4 Å². The maximum atomic E-state index is 12.9. The molecule has 0 unspecified atom stereocenters. The third kappa shape index (κ3) is 5.68. The molecule has 1 aromatic heterocycles. The van der Waals surface area contributed by atoms with Crippen molar-refractivity contribution in [1.82, 2.24) is 4.31 Å². The van der Waals surface area contributed by atoms with Crippen molar-refractivity contribution < 1.29 is 13.2 Å². The number of anilines is 2. The molecule has 0 bridgehead atoms. The second-order valence-corrected chi connectivity index (χ2v) is 9.20. The van der Waals surface area contributed by atoms with Gasteiger partial charge >= 0.3 is 0 Å². The van der Waals surface area contributed by atoms with E-state index in [1.54, 1.807) is 35.6 Å². The number of thiophene rings is 1. The monoisotopic (exact) mass is 435 g/mol. The minimum absolute atomic E-state index is 0.176. The van der Waals surface area contributed by atoms with Crippen molar-refractivity contribution in [2.45, 2.75) is 32.6 Å². The largest absolute Gasteiger partial charge is 0.370 e. The molecule has 1 aromatic carbocycles. The van der Waals surface area contributed by atoms with Crippen LogP contribution in [0.1, 0.15) is 32.6 Å². The number of hydrogen-bond acceptors (Lipinski definition) is 5. The fourth-order valence-corrected chi connectivity index (χ4v) is 5.15. The minimum Gasteiger partial charge on any atom is -0.370 e. The van der Waals surface area contributed by atoms with Crippen LogP contribution >= 0.6 is 11.3 Å². The van der Waals surface area contributed by atoms with E-state index in [0.717, 1.165) is 23.7 Å². The Hall–Kier alpha value is -2.16. The molecule has 8 heteroatoms. The molecular formula is C21H29N3O3S2. The molecular weight excluding hydrogens is 406 g/mol. The van der Waals surface area contributed by atoms with Crippen LogP contribution in [-0.2, 0) is 14.8 Å². The minimum atomic E-state index is -3.62. The average Bonchev–Trinajstić information content (AvgIpc) is 3.22. The van der Waals surface area contributed by atoms with Gasteiger partial charge in [-0.25, -0.2) is 8.42 Å². The van der Waals surface area contributed by atoms with E-state index in [1.807, 2.05) is 45.2 Å². The molecule has 29 heavy (non-hydrogen) atoms. The van der Waals surface area contributed by atoms with Crippen molar-refractivity contribution >= 4 is 44.7 Å². The second-order valence-electron chi connectivity index (χ2n) is 6.28. The SMILES string of the molecule is CCN(CC)c1ccc(S(=O)(=O)N(CC)CC)cc1NC(=O)C=Cc1cccs1. The number of nitrogens with one attached hydrogen (secondary N) is 1. The van der Waals surface area contributed by atoms with Crippen molar-refractivity contribution in [1.29, 1.82) is 0 Å². The van der Waals surface area contributed by atoms with Gasteiger partial charge in [-0.3, -0.25) is 4.79 Å². The number of carbonyl (C=O) groups excluding carboxylic acids is 1. The quantitative estimate of drug-likeness (QED) is 0.566. The molecule has 0 saturated carbocycles. The summed E-state index contributed by atoms with van der Waals surface area (Å²) in [4.78, 5) is 15.7. The van der Waals surface area contributed by atoms with Gasteiger partial charge in [0.2, 0.25) is 15.9 Å². The van der Waals surface area contributed by atoms with E-state index in [-0.39, 0.29) is 10.8 Å². The lowest BCUT2D eigenvalue weighted by atomic mass is 10.2. The van der Waals surface area contributed by atoms with Gasteiger partial charge < -0.3 is 10.2 Å². The molecule has 2 aromatic rings. The first kappa shape index (κ1) is 23.1. The standard InChI is InChI=1S/C21H29N3O3S2/c1-5-23(6-2)20-13-12-18(29(26,27)24(7-3)8-4)16-19(20)22-21(25)14-11-17-10-9-15-28-17/h9-16H,5-8H2,1-4H3,(H,22,25). The van der Waals surface area contributed by atoms with E-state index < -0.39 is 10.0 Å². The van der Waals surface area contributed by atoms with E-state index in [9.17, 15) is 13.2 Å². The van der Waals surface area contributed by atoms with Crippen LogP contribution in [0.5, 0.6) is 0 Å². The summed E-state index contributed by atoms with van der Waals surface area (Å²) < 4.78 is 27.2. The zero-order valence-corrected chi connectivity index (χ0v) is 19.0. The first-order valence-corrected chi connectivity index (χ1v) is 12.1. The number of nitrogens with zero attached hydrogens (tertiary/aromatic N) is 2. The number of sulfonamides is 1. The molecule has 2 rings (SSSR count). The third-order valence-electron chi connectivity index (χ3n) is 4.62. The van der Waals surface area contributed by atoms with Crippen molar-refractivity contribution in [3.63, 3.8) is 0 Å². The fourth-order valence-electron chi connectivity index (χ4n) is 3.05. The summed E-state index contributed by atoms with van der Waals surface area (Å²) in [7, 11) is -3.62. The lowest BCUT2D eigenvalue weighted by Gasteiger charge is -2.25. The van der Waals surface area contributed by atoms with Crippen LogP contribution < -0.4 is 10.2 Å². The molecule has 6 nitrogen and oxygen atoms in total. The zero-order valence-electron chi connectivity index (χ0n) is 17.4. The molecule has 0 aliphatic rings. The van der Waals surface area contributed by atoms with Crippen LogP contribution in [-0.4, -0.2) is 44.8 Å². The molecule has 1 amide bonds. The maximum Gasteiger partial charge on any atom is 0.248 e. The van der Waals surface area contributed by atoms with Crippen LogP contribution in [0.25, 0.3) is 6.08 Å². The van der Waals surface area contributed by atoms with E-state index in [4.69, 9.17) is 0 Å². The van der Waals surface area contributed by atoms with Gasteiger partial charge in [-0.15, -0.1) is 11.3 Å². The number of benzene rings is 1. The summed E-state index contributed by atoms with van der Waals surface area (Å²) in [5.41, 5.74) is 1.29. The Morgan fingerprint density at radius 1 is 1.07 bits per heavy atom. The van der Waals surface area contributed by atoms with Crippen LogP contribution in [0.3, 0.4) is 0 Å². The highest BCUT2D eigenvalue weighted by Gasteiger charge is 2.23. The Bertz CT molecular complexity index is 930. The lowest BCUT2D eigenvalue weighted by molar-refractivity contribution is -0.111. The summed E-state index contributed by atoms with van der Waals surface area (Å²) >= 11 is 1.54. The molecule has 0 fully saturated rings. The van der Waals surface area contributed by atoms with E-state index in [1.165, 1.54) is 10.4 Å². The van der Waals surface area contributed by atoms with Crippen molar-refractivity contribution in [3.8, 4) is 0 Å². The van der Waals surface area contributed by atoms with E-state index in [0.29, 0.717) is 18.8 Å². The summed E-state index contributed by atoms with van der Waals surface area (Å²) in [6.07, 6.45) is 3.21. The Morgan fingerprint density at radius 2 is 1.76 bits per heavy atom. The summed E-state index contributed by atoms with van der Waals surface area (Å²) in [5, 5.41) is 4.81. The average molecular weight is 436 g/mol. The molecule has 0 saturated heterocycles. The number of amides is 1. The van der Waals surface area contributed by atoms with Gasteiger partial charge in [0, 0.05) is 37.1 Å². The highest BCUT2D eigenvalue weighted by molar-refractivity contribution is 7.89. The molecule has 1 N–H and O–H groups in total. The lowest BCUT2D eigenvalue weighted by Crippen LogP contribution is -2.31. The Balaban J connectivity index is 2.41. The van der Waals surface area contributed by atoms with Gasteiger partial charge in [-0.1, -0.05) is 19.9 Å². The van der Waals surface area contributed by atoms with Crippen molar-refractivity contribution in [2.24, 2.45) is 0 Å². The molecule has 0 aliphatic heterocycles. The van der Waals surface area contributed by atoms with Crippen molar-refractivity contribution in [2.75, 3.05) is 36.4 Å². The number of carbonyl (C=O) groups is 1. The molecule has 0 aliphatic carbocycles. The summed E-state index contributed by atoms with van der Waals surface area (Å²) in [6, 6.07) is 8.77. The fraction of sp³-hybridized carbons (Fsp3) is 0.381. The second kappa shape index (κ2) is 10.6. The van der Waals surface area contributed by atoms with Gasteiger partial charge in [0.25, 0.3) is 0 Å². The summed E-state index contributed by atoms with van der Waals surface area (Å²) in [5.74, 6) is -0.302. The molecule has 0 radical (unpaired) electrons.